The molecule has 0 bridgehead atoms. The van der Waals surface area contributed by atoms with Gasteiger partial charge in [0, 0.05) is 10.2 Å². The van der Waals surface area contributed by atoms with Gasteiger partial charge in [-0.05, 0) is 47.2 Å². The van der Waals surface area contributed by atoms with E-state index in [9.17, 15) is 4.79 Å². The van der Waals surface area contributed by atoms with Gasteiger partial charge in [-0.1, -0.05) is 61.0 Å². The van der Waals surface area contributed by atoms with E-state index in [1.165, 1.54) is 11.1 Å². The molecule has 0 saturated carbocycles. The Morgan fingerprint density at radius 2 is 1.79 bits per heavy atom. The number of carbonyl (C=O) groups excluding carboxylic acids is 1. The third-order valence-corrected chi connectivity index (χ3v) is 6.45. The summed E-state index contributed by atoms with van der Waals surface area (Å²) >= 11 is 5.23. The summed E-state index contributed by atoms with van der Waals surface area (Å²) in [5.41, 5.74) is 4.74. The molecule has 4 heteroatoms. The fourth-order valence-electron chi connectivity index (χ4n) is 2.88. The molecule has 0 radical (unpaired) electrons. The lowest BCUT2D eigenvalue weighted by molar-refractivity contribution is -0.115. The van der Waals surface area contributed by atoms with Gasteiger partial charge in [-0.25, -0.2) is 0 Å². The second-order valence-corrected chi connectivity index (χ2v) is 9.16. The number of hydrogen-bond acceptors (Lipinski definition) is 2. The van der Waals surface area contributed by atoms with Crippen LogP contribution in [0.5, 0.6) is 0 Å². The summed E-state index contributed by atoms with van der Waals surface area (Å²) in [5.74, 6) is 0.701. The van der Waals surface area contributed by atoms with Gasteiger partial charge in [-0.3, -0.25) is 9.69 Å². The fraction of sp³-hybridized carbons (Fsp3) is 0.350. The first kappa shape index (κ1) is 17.6. The first-order chi connectivity index (χ1) is 11.3. The van der Waals surface area contributed by atoms with Crippen molar-refractivity contribution >= 4 is 39.3 Å². The Morgan fingerprint density at radius 3 is 2.38 bits per heavy atom. The van der Waals surface area contributed by atoms with E-state index < -0.39 is 0 Å². The molecule has 0 N–H and O–H groups in total. The molecular weight excluding hydrogens is 382 g/mol. The third kappa shape index (κ3) is 3.40. The zero-order chi connectivity index (χ0) is 17.5. The summed E-state index contributed by atoms with van der Waals surface area (Å²) in [4.78, 5) is 14.4. The van der Waals surface area contributed by atoms with E-state index in [0.717, 1.165) is 15.7 Å². The molecule has 24 heavy (non-hydrogen) atoms. The van der Waals surface area contributed by atoms with Crippen LogP contribution in [0.1, 0.15) is 42.8 Å². The first-order valence-electron chi connectivity index (χ1n) is 8.07. The Balaban J connectivity index is 1.94. The molecule has 0 spiro atoms. The van der Waals surface area contributed by atoms with Gasteiger partial charge in [0.2, 0.25) is 5.91 Å². The SMILES string of the molecule is Cc1cc(N2C(=O)CS[C@@H]2c2ccc(C(C)(C)C)cc2)ccc1Br. The normalized spacial score (nSPS) is 18.3. The Kier molecular flexibility index (Phi) is 4.80. The summed E-state index contributed by atoms with van der Waals surface area (Å²) in [6.45, 7) is 8.70. The van der Waals surface area contributed by atoms with Crippen LogP contribution in [-0.2, 0) is 10.2 Å². The number of halogens is 1. The number of hydrogen-bond donors (Lipinski definition) is 0. The molecule has 0 aliphatic carbocycles. The van der Waals surface area contributed by atoms with E-state index in [4.69, 9.17) is 0 Å². The molecule has 0 unspecified atom stereocenters. The van der Waals surface area contributed by atoms with E-state index in [1.54, 1.807) is 11.8 Å². The quantitative estimate of drug-likeness (QED) is 0.627. The van der Waals surface area contributed by atoms with Crippen molar-refractivity contribution in [3.05, 3.63) is 63.6 Å². The molecule has 126 valence electrons. The van der Waals surface area contributed by atoms with Crippen LogP contribution >= 0.6 is 27.7 Å². The van der Waals surface area contributed by atoms with Crippen LogP contribution in [0.25, 0.3) is 0 Å². The summed E-state index contributed by atoms with van der Waals surface area (Å²) in [6.07, 6.45) is 0. The fourth-order valence-corrected chi connectivity index (χ4v) is 4.30. The van der Waals surface area contributed by atoms with Gasteiger partial charge in [-0.15, -0.1) is 11.8 Å². The third-order valence-electron chi connectivity index (χ3n) is 4.35. The minimum atomic E-state index is 0.0482. The second-order valence-electron chi connectivity index (χ2n) is 7.23. The Labute approximate surface area is 156 Å². The van der Waals surface area contributed by atoms with Gasteiger partial charge < -0.3 is 0 Å². The average Bonchev–Trinajstić information content (AvgIpc) is 2.91. The monoisotopic (exact) mass is 403 g/mol. The zero-order valence-corrected chi connectivity index (χ0v) is 16.9. The highest BCUT2D eigenvalue weighted by atomic mass is 79.9. The Morgan fingerprint density at radius 1 is 1.12 bits per heavy atom. The highest BCUT2D eigenvalue weighted by Gasteiger charge is 2.34. The van der Waals surface area contributed by atoms with E-state index in [0.29, 0.717) is 5.75 Å². The summed E-state index contributed by atoms with van der Waals surface area (Å²) in [7, 11) is 0. The van der Waals surface area contributed by atoms with Crippen molar-refractivity contribution in [2.24, 2.45) is 0 Å². The van der Waals surface area contributed by atoms with Crippen LogP contribution in [0.2, 0.25) is 0 Å². The Hall–Kier alpha value is -1.26. The molecule has 2 aromatic rings. The molecule has 2 nitrogen and oxygen atoms in total. The van der Waals surface area contributed by atoms with E-state index in [-0.39, 0.29) is 16.7 Å². The number of nitrogens with zero attached hydrogens (tertiary/aromatic N) is 1. The number of rotatable bonds is 2. The number of anilines is 1. The number of aryl methyl sites for hydroxylation is 1. The molecule has 1 aliphatic heterocycles. The van der Waals surface area contributed by atoms with Crippen LogP contribution in [0, 0.1) is 6.92 Å². The van der Waals surface area contributed by atoms with E-state index in [1.807, 2.05) is 17.0 Å². The minimum Gasteiger partial charge on any atom is -0.295 e. The molecule has 1 atom stereocenters. The lowest BCUT2D eigenvalue weighted by Gasteiger charge is -2.26. The lowest BCUT2D eigenvalue weighted by atomic mass is 9.86. The van der Waals surface area contributed by atoms with Crippen LogP contribution in [0.4, 0.5) is 5.69 Å². The van der Waals surface area contributed by atoms with Crippen molar-refractivity contribution in [1.82, 2.24) is 0 Å². The molecule has 3 rings (SSSR count). The van der Waals surface area contributed by atoms with Gasteiger partial charge in [0.1, 0.15) is 5.37 Å². The Bertz CT molecular complexity index is 764. The predicted octanol–water partition coefficient (Wildman–Crippen LogP) is 5.83. The topological polar surface area (TPSA) is 20.3 Å². The lowest BCUT2D eigenvalue weighted by Crippen LogP contribution is -2.27. The highest BCUT2D eigenvalue weighted by Crippen LogP contribution is 2.42. The van der Waals surface area contributed by atoms with Crippen LogP contribution in [0.3, 0.4) is 0 Å². The standard InChI is InChI=1S/C20H22BrNOS/c1-13-11-16(9-10-17(13)21)22-18(23)12-24-19(22)14-5-7-15(8-6-14)20(2,3)4/h5-11,19H,12H2,1-4H3/t19-/m1/s1. The van der Waals surface area contributed by atoms with Crippen LogP contribution in [-0.4, -0.2) is 11.7 Å². The largest absolute Gasteiger partial charge is 0.295 e. The maximum atomic E-state index is 12.5. The first-order valence-corrected chi connectivity index (χ1v) is 9.92. The van der Waals surface area contributed by atoms with Gasteiger partial charge in [-0.2, -0.15) is 0 Å². The molecule has 1 saturated heterocycles. The maximum absolute atomic E-state index is 12.5. The minimum absolute atomic E-state index is 0.0482. The van der Waals surface area contributed by atoms with E-state index >= 15 is 0 Å². The van der Waals surface area contributed by atoms with Gasteiger partial charge in [0.05, 0.1) is 5.75 Å². The zero-order valence-electron chi connectivity index (χ0n) is 14.5. The van der Waals surface area contributed by atoms with Crippen molar-refractivity contribution in [3.8, 4) is 0 Å². The summed E-state index contributed by atoms with van der Waals surface area (Å²) < 4.78 is 1.07. The van der Waals surface area contributed by atoms with Crippen molar-refractivity contribution < 1.29 is 4.79 Å². The highest BCUT2D eigenvalue weighted by molar-refractivity contribution is 9.10. The molecule has 0 aromatic heterocycles. The second kappa shape index (κ2) is 6.57. The number of thioether (sulfide) groups is 1. The number of carbonyl (C=O) groups is 1. The van der Waals surface area contributed by atoms with Crippen molar-refractivity contribution in [2.45, 2.75) is 38.5 Å². The molecule has 1 fully saturated rings. The molecule has 1 amide bonds. The van der Waals surface area contributed by atoms with Crippen LogP contribution in [0.15, 0.2) is 46.9 Å². The number of benzene rings is 2. The molecule has 2 aromatic carbocycles. The molecule has 1 heterocycles. The van der Waals surface area contributed by atoms with Crippen LogP contribution < -0.4 is 4.90 Å². The number of amides is 1. The van der Waals surface area contributed by atoms with Gasteiger partial charge in [0.15, 0.2) is 0 Å². The maximum Gasteiger partial charge on any atom is 0.238 e. The summed E-state index contributed by atoms with van der Waals surface area (Å²) in [5, 5.41) is 0.0482. The summed E-state index contributed by atoms with van der Waals surface area (Å²) in [6, 6.07) is 14.8. The average molecular weight is 404 g/mol. The van der Waals surface area contributed by atoms with Gasteiger partial charge in [0.25, 0.3) is 0 Å². The molecular formula is C20H22BrNOS. The van der Waals surface area contributed by atoms with Crippen molar-refractivity contribution in [2.75, 3.05) is 10.7 Å². The predicted molar refractivity (Wildman–Crippen MR) is 107 cm³/mol. The molecule has 1 aliphatic rings. The van der Waals surface area contributed by atoms with E-state index in [2.05, 4.69) is 74.0 Å². The van der Waals surface area contributed by atoms with Crippen molar-refractivity contribution in [3.63, 3.8) is 0 Å². The smallest absolute Gasteiger partial charge is 0.238 e. The van der Waals surface area contributed by atoms with Gasteiger partial charge >= 0.3 is 0 Å². The van der Waals surface area contributed by atoms with Crippen molar-refractivity contribution in [1.29, 1.82) is 0 Å².